The van der Waals surface area contributed by atoms with Gasteiger partial charge in [-0.1, -0.05) is 24.3 Å². The molecule has 2 aromatic carbocycles. The van der Waals surface area contributed by atoms with Gasteiger partial charge in [-0.3, -0.25) is 15.1 Å². The number of aromatic amines is 1. The molecule has 1 aromatic heterocycles. The summed E-state index contributed by atoms with van der Waals surface area (Å²) in [6.07, 6.45) is 0.282. The van der Waals surface area contributed by atoms with E-state index in [4.69, 9.17) is 5.11 Å². The van der Waals surface area contributed by atoms with E-state index < -0.39 is 30.1 Å². The first-order chi connectivity index (χ1) is 14.0. The molecule has 144 valence electrons. The number of nitrogens with zero attached hydrogens (tertiary/aromatic N) is 2. The number of para-hydroxylation sites is 2. The number of nitrogens with one attached hydrogen (secondary N) is 1. The quantitative estimate of drug-likeness (QED) is 0.246. The Kier molecular flexibility index (Phi) is 3.82. The molecule has 0 spiro atoms. The maximum absolute atomic E-state index is 13.0. The first kappa shape index (κ1) is 17.3. The van der Waals surface area contributed by atoms with Gasteiger partial charge in [-0.15, -0.1) is 0 Å². The van der Waals surface area contributed by atoms with Crippen molar-refractivity contribution in [3.63, 3.8) is 0 Å². The number of carbonyl (C=O) groups is 1. The fourth-order valence-corrected chi connectivity index (χ4v) is 4.23. The van der Waals surface area contributed by atoms with Crippen LogP contribution in [0.1, 0.15) is 23.7 Å². The van der Waals surface area contributed by atoms with Gasteiger partial charge < -0.3 is 10.2 Å². The lowest BCUT2D eigenvalue weighted by Crippen LogP contribution is -2.76. The number of allylic oxidation sites excluding steroid dienone is 1. The van der Waals surface area contributed by atoms with Crippen LogP contribution in [0.2, 0.25) is 0 Å². The Labute approximate surface area is 164 Å². The summed E-state index contributed by atoms with van der Waals surface area (Å²) in [5.74, 6) is -1.80. The Balaban J connectivity index is 1.80. The van der Waals surface area contributed by atoms with E-state index >= 15 is 0 Å². The van der Waals surface area contributed by atoms with E-state index in [1.54, 1.807) is 0 Å². The van der Waals surface area contributed by atoms with Gasteiger partial charge in [0.05, 0.1) is 5.39 Å². The van der Waals surface area contributed by atoms with Gasteiger partial charge in [0, 0.05) is 29.5 Å². The zero-order valence-electron chi connectivity index (χ0n) is 15.3. The van der Waals surface area contributed by atoms with Crippen LogP contribution in [0, 0.1) is 0 Å². The molecule has 8 nitrogen and oxygen atoms in total. The van der Waals surface area contributed by atoms with Crippen LogP contribution in [0.25, 0.3) is 22.2 Å². The average molecular weight is 389 g/mol. The predicted octanol–water partition coefficient (Wildman–Crippen LogP) is -0.319. The number of benzene rings is 2. The third kappa shape index (κ3) is 2.65. The van der Waals surface area contributed by atoms with Gasteiger partial charge >= 0.3 is 11.7 Å². The minimum absolute atomic E-state index is 0.282. The minimum atomic E-state index is -1.19. The number of nitrogens with two attached hydrogens (primary N) is 1. The number of carboxylic acid groups (broad SMARTS) is 1. The van der Waals surface area contributed by atoms with Gasteiger partial charge in [-0.05, 0) is 18.2 Å². The highest BCUT2D eigenvalue weighted by molar-refractivity contribution is 6.00. The molecule has 0 radical (unpaired) electrons. The molecule has 5 rings (SSSR count). The number of carboxylic acids is 1. The fourth-order valence-electron chi connectivity index (χ4n) is 4.23. The van der Waals surface area contributed by atoms with Crippen molar-refractivity contribution >= 4 is 39.7 Å². The second kappa shape index (κ2) is 6.39. The maximum Gasteiger partial charge on any atom is 0.497 e. The van der Waals surface area contributed by atoms with E-state index in [2.05, 4.69) is 9.98 Å². The van der Waals surface area contributed by atoms with E-state index in [1.807, 2.05) is 53.8 Å². The molecule has 29 heavy (non-hydrogen) atoms. The Morgan fingerprint density at radius 3 is 2.83 bits per heavy atom. The van der Waals surface area contributed by atoms with Crippen molar-refractivity contribution in [2.45, 2.75) is 12.5 Å². The number of H-pyrrole nitrogens is 1. The number of hydrogen-bond acceptors (Lipinski definition) is 4. The molecule has 3 aromatic rings. The van der Waals surface area contributed by atoms with Gasteiger partial charge in [-0.25, -0.2) is 4.98 Å². The Bertz CT molecular complexity index is 1310. The lowest BCUT2D eigenvalue weighted by Gasteiger charge is -2.26. The first-order valence-electron chi connectivity index (χ1n) is 9.22. The first-order valence-corrected chi connectivity index (χ1v) is 9.22. The maximum atomic E-state index is 13.0. The molecule has 1 atom stereocenters. The van der Waals surface area contributed by atoms with Crippen LogP contribution >= 0.6 is 0 Å². The van der Waals surface area contributed by atoms with Crippen molar-refractivity contribution in [2.75, 3.05) is 6.54 Å². The molecule has 0 aliphatic carbocycles. The van der Waals surface area contributed by atoms with Crippen LogP contribution < -0.4 is 20.7 Å². The van der Waals surface area contributed by atoms with Gasteiger partial charge in [0.15, 0.2) is 5.70 Å². The summed E-state index contributed by atoms with van der Waals surface area (Å²) < 4.78 is 1.43. The number of quaternary nitrogens is 1. The van der Waals surface area contributed by atoms with Crippen LogP contribution in [0.3, 0.4) is 0 Å². The minimum Gasteiger partial charge on any atom is -0.859 e. The van der Waals surface area contributed by atoms with Gasteiger partial charge in [0.1, 0.15) is 23.8 Å². The number of fused-ring (bicyclic) bond motifs is 6. The van der Waals surface area contributed by atoms with E-state index in [-0.39, 0.29) is 6.42 Å². The number of hydrogen-bond donors (Lipinski definition) is 3. The van der Waals surface area contributed by atoms with Crippen LogP contribution in [0.4, 0.5) is 5.69 Å². The highest BCUT2D eigenvalue weighted by Crippen LogP contribution is 2.39. The molecule has 2 aliphatic rings. The topological polar surface area (TPSA) is 126 Å². The zero-order chi connectivity index (χ0) is 20.1. The largest absolute Gasteiger partial charge is 0.859 e. The van der Waals surface area contributed by atoms with E-state index in [1.165, 1.54) is 4.57 Å². The summed E-state index contributed by atoms with van der Waals surface area (Å²) in [6, 6.07) is 14.4. The average Bonchev–Trinajstić information content (AvgIpc) is 3.09. The normalized spacial score (nSPS) is 17.8. The SMILES string of the molecule is O=C(O)CN=C([O-])[C@@H]1CC2=C([NH2+]c3ccccc32)c2c3ccccc3[nH]c(=O)[n+]21. The monoisotopic (exact) mass is 389 g/mol. The van der Waals surface area contributed by atoms with Crippen LogP contribution in [-0.2, 0) is 4.79 Å². The molecular formula is C21H17N4O4+. The van der Waals surface area contributed by atoms with E-state index in [0.717, 1.165) is 27.9 Å². The Morgan fingerprint density at radius 2 is 2.00 bits per heavy atom. The lowest BCUT2D eigenvalue weighted by atomic mass is 9.92. The molecule has 0 unspecified atom stereocenters. The third-order valence-electron chi connectivity index (χ3n) is 5.41. The number of aliphatic imine (C=N–C) groups is 1. The third-order valence-corrected chi connectivity index (χ3v) is 5.41. The number of rotatable bonds is 3. The van der Waals surface area contributed by atoms with Gasteiger partial charge in [0.2, 0.25) is 5.69 Å². The second-order valence-corrected chi connectivity index (χ2v) is 7.09. The van der Waals surface area contributed by atoms with Crippen molar-refractivity contribution in [3.05, 3.63) is 70.3 Å². The molecule has 3 heterocycles. The molecule has 0 amide bonds. The molecule has 0 saturated carbocycles. The molecule has 0 fully saturated rings. The van der Waals surface area contributed by atoms with E-state index in [9.17, 15) is 14.7 Å². The molecule has 0 saturated heterocycles. The summed E-state index contributed by atoms with van der Waals surface area (Å²) in [7, 11) is 0. The van der Waals surface area contributed by atoms with Crippen molar-refractivity contribution in [2.24, 2.45) is 4.99 Å². The zero-order valence-corrected chi connectivity index (χ0v) is 15.3. The summed E-state index contributed by atoms with van der Waals surface area (Å²) >= 11 is 0. The molecule has 4 N–H and O–H groups in total. The predicted molar refractivity (Wildman–Crippen MR) is 103 cm³/mol. The van der Waals surface area contributed by atoms with Gasteiger partial charge in [0.25, 0.3) is 0 Å². The van der Waals surface area contributed by atoms with E-state index in [0.29, 0.717) is 11.2 Å². The summed E-state index contributed by atoms with van der Waals surface area (Å²) in [6.45, 7) is -0.620. The summed E-state index contributed by atoms with van der Waals surface area (Å²) in [5.41, 5.74) is 4.86. The number of aliphatic carboxylic acids is 1. The molecule has 8 heteroatoms. The summed E-state index contributed by atoms with van der Waals surface area (Å²) in [5, 5.41) is 24.6. The smallest absolute Gasteiger partial charge is 0.497 e. The Hall–Kier alpha value is -3.78. The lowest BCUT2D eigenvalue weighted by molar-refractivity contribution is -0.734. The van der Waals surface area contributed by atoms with Crippen molar-refractivity contribution in [3.8, 4) is 0 Å². The van der Waals surface area contributed by atoms with Crippen LogP contribution in [0.15, 0.2) is 58.3 Å². The second-order valence-electron chi connectivity index (χ2n) is 7.09. The van der Waals surface area contributed by atoms with Crippen LogP contribution in [-0.4, -0.2) is 28.5 Å². The van der Waals surface area contributed by atoms with Crippen LogP contribution in [0.5, 0.6) is 0 Å². The standard InChI is InChI=1S/C21H16N4O4/c26-17(27)10-22-20(28)16-9-13-11-5-1-3-7-14(11)23-18(13)19-12-6-2-4-8-15(12)24-21(29)25(16)19/h1-8,16H,9-10H2,(H3,22,23,24,26,27,28,29)/p+1/t16-/m0/s1. The highest BCUT2D eigenvalue weighted by Gasteiger charge is 2.42. The molecule has 2 aliphatic heterocycles. The molecule has 0 bridgehead atoms. The molecular weight excluding hydrogens is 372 g/mol. The fraction of sp³-hybridized carbons (Fsp3) is 0.143. The van der Waals surface area contributed by atoms with Crippen molar-refractivity contribution in [1.29, 1.82) is 0 Å². The van der Waals surface area contributed by atoms with Crippen molar-refractivity contribution < 1.29 is 24.9 Å². The number of aromatic nitrogens is 2. The highest BCUT2D eigenvalue weighted by atomic mass is 16.4. The van der Waals surface area contributed by atoms with Gasteiger partial charge in [-0.2, -0.15) is 9.36 Å². The van der Waals surface area contributed by atoms with Crippen molar-refractivity contribution in [1.82, 2.24) is 4.98 Å². The summed E-state index contributed by atoms with van der Waals surface area (Å²) in [4.78, 5) is 30.4. The Morgan fingerprint density at radius 1 is 1.24 bits per heavy atom.